The van der Waals surface area contributed by atoms with Crippen LogP contribution in [-0.2, 0) is 10.0 Å². The summed E-state index contributed by atoms with van der Waals surface area (Å²) in [6.07, 6.45) is 1.30. The SMILES string of the molecule is CC(C)NCC1[C@H]2CN(S(C)(=O)=O)C[C@@H]12. The van der Waals surface area contributed by atoms with Crippen molar-refractivity contribution in [1.82, 2.24) is 9.62 Å². The van der Waals surface area contributed by atoms with Gasteiger partial charge >= 0.3 is 0 Å². The van der Waals surface area contributed by atoms with Gasteiger partial charge in [0.05, 0.1) is 6.26 Å². The summed E-state index contributed by atoms with van der Waals surface area (Å²) in [5.74, 6) is 1.95. The lowest BCUT2D eigenvalue weighted by Crippen LogP contribution is -2.33. The predicted molar refractivity (Wildman–Crippen MR) is 60.0 cm³/mol. The zero-order valence-corrected chi connectivity index (χ0v) is 10.4. The molecule has 88 valence electrons. The standard InChI is InChI=1S/C10H20N2O2S/c1-7(2)11-4-8-9-5-12(6-10(8)9)15(3,13)14/h7-11H,4-6H2,1-3H3/t8?,9-,10+. The summed E-state index contributed by atoms with van der Waals surface area (Å²) in [5.41, 5.74) is 0. The third kappa shape index (κ3) is 2.34. The molecule has 5 heteroatoms. The average Bonchev–Trinajstić information content (AvgIpc) is 2.56. The van der Waals surface area contributed by atoms with Crippen molar-refractivity contribution >= 4 is 10.0 Å². The van der Waals surface area contributed by atoms with E-state index in [0.717, 1.165) is 19.6 Å². The fourth-order valence-electron chi connectivity index (χ4n) is 2.56. The molecule has 2 rings (SSSR count). The van der Waals surface area contributed by atoms with E-state index in [4.69, 9.17) is 0 Å². The minimum Gasteiger partial charge on any atom is -0.314 e. The molecule has 1 aliphatic heterocycles. The molecule has 0 spiro atoms. The summed E-state index contributed by atoms with van der Waals surface area (Å²) < 4.78 is 24.2. The number of nitrogens with one attached hydrogen (secondary N) is 1. The maximum atomic E-state index is 11.3. The van der Waals surface area contributed by atoms with Gasteiger partial charge in [-0.1, -0.05) is 13.8 Å². The lowest BCUT2D eigenvalue weighted by Gasteiger charge is -2.17. The van der Waals surface area contributed by atoms with E-state index in [2.05, 4.69) is 19.2 Å². The van der Waals surface area contributed by atoms with E-state index in [-0.39, 0.29) is 0 Å². The Morgan fingerprint density at radius 1 is 1.33 bits per heavy atom. The van der Waals surface area contributed by atoms with Gasteiger partial charge < -0.3 is 5.32 Å². The summed E-state index contributed by atoms with van der Waals surface area (Å²) in [4.78, 5) is 0. The quantitative estimate of drug-likeness (QED) is 0.749. The second-order valence-electron chi connectivity index (χ2n) is 5.13. The molecule has 2 aliphatic rings. The highest BCUT2D eigenvalue weighted by Crippen LogP contribution is 2.51. The Bertz CT molecular complexity index is 327. The zero-order valence-electron chi connectivity index (χ0n) is 9.60. The molecule has 3 atom stereocenters. The van der Waals surface area contributed by atoms with Gasteiger partial charge in [-0.2, -0.15) is 0 Å². The fraction of sp³-hybridized carbons (Fsp3) is 1.00. The van der Waals surface area contributed by atoms with E-state index in [9.17, 15) is 8.42 Å². The Labute approximate surface area is 92.1 Å². The summed E-state index contributed by atoms with van der Waals surface area (Å²) >= 11 is 0. The van der Waals surface area contributed by atoms with E-state index in [0.29, 0.717) is 23.8 Å². The molecule has 4 nitrogen and oxygen atoms in total. The smallest absolute Gasteiger partial charge is 0.211 e. The normalized spacial score (nSPS) is 35.9. The van der Waals surface area contributed by atoms with Crippen molar-refractivity contribution in [2.75, 3.05) is 25.9 Å². The number of rotatable bonds is 4. The van der Waals surface area contributed by atoms with Crippen LogP contribution in [0.15, 0.2) is 0 Å². The van der Waals surface area contributed by atoms with E-state index >= 15 is 0 Å². The van der Waals surface area contributed by atoms with Crippen LogP contribution < -0.4 is 5.32 Å². The number of fused-ring (bicyclic) bond motifs is 1. The Morgan fingerprint density at radius 3 is 2.27 bits per heavy atom. The molecule has 15 heavy (non-hydrogen) atoms. The number of hydrogen-bond donors (Lipinski definition) is 1. The topological polar surface area (TPSA) is 49.4 Å². The highest BCUT2D eigenvalue weighted by molar-refractivity contribution is 7.88. The van der Waals surface area contributed by atoms with E-state index < -0.39 is 10.0 Å². The van der Waals surface area contributed by atoms with Crippen molar-refractivity contribution < 1.29 is 8.42 Å². The van der Waals surface area contributed by atoms with Crippen molar-refractivity contribution in [3.8, 4) is 0 Å². The fourth-order valence-corrected chi connectivity index (χ4v) is 3.44. The summed E-state index contributed by atoms with van der Waals surface area (Å²) in [7, 11) is -2.95. The van der Waals surface area contributed by atoms with Crippen LogP contribution in [0.5, 0.6) is 0 Å². The van der Waals surface area contributed by atoms with Crippen LogP contribution in [-0.4, -0.2) is 44.7 Å². The van der Waals surface area contributed by atoms with Gasteiger partial charge in [-0.3, -0.25) is 0 Å². The maximum Gasteiger partial charge on any atom is 0.211 e. The molecular weight excluding hydrogens is 212 g/mol. The van der Waals surface area contributed by atoms with Gasteiger partial charge in [0.2, 0.25) is 10.0 Å². The first-order chi connectivity index (χ1) is 6.89. The van der Waals surface area contributed by atoms with Gasteiger partial charge in [-0.15, -0.1) is 0 Å². The first-order valence-corrected chi connectivity index (χ1v) is 7.43. The Kier molecular flexibility index (Phi) is 2.81. The van der Waals surface area contributed by atoms with Crippen molar-refractivity contribution in [2.45, 2.75) is 19.9 Å². The molecule has 0 aromatic heterocycles. The first-order valence-electron chi connectivity index (χ1n) is 5.58. The molecule has 0 amide bonds. The van der Waals surface area contributed by atoms with Crippen LogP contribution in [0, 0.1) is 17.8 Å². The molecule has 1 saturated carbocycles. The lowest BCUT2D eigenvalue weighted by molar-refractivity contribution is 0.401. The largest absolute Gasteiger partial charge is 0.314 e. The van der Waals surface area contributed by atoms with Gasteiger partial charge in [0, 0.05) is 19.1 Å². The van der Waals surface area contributed by atoms with Gasteiger partial charge in [0.25, 0.3) is 0 Å². The molecule has 1 saturated heterocycles. The molecule has 0 bridgehead atoms. The number of sulfonamides is 1. The third-order valence-corrected chi connectivity index (χ3v) is 4.80. The number of hydrogen-bond acceptors (Lipinski definition) is 3. The third-order valence-electron chi connectivity index (χ3n) is 3.57. The minimum atomic E-state index is -2.95. The summed E-state index contributed by atoms with van der Waals surface area (Å²) in [6, 6.07) is 0.525. The monoisotopic (exact) mass is 232 g/mol. The van der Waals surface area contributed by atoms with Gasteiger partial charge in [0.15, 0.2) is 0 Å². The molecule has 0 aromatic carbocycles. The summed E-state index contributed by atoms with van der Waals surface area (Å²) in [5, 5.41) is 3.42. The Balaban J connectivity index is 1.79. The second-order valence-corrected chi connectivity index (χ2v) is 7.12. The molecular formula is C10H20N2O2S. The van der Waals surface area contributed by atoms with Gasteiger partial charge in [-0.05, 0) is 24.3 Å². The minimum absolute atomic E-state index is 0.525. The average molecular weight is 232 g/mol. The highest BCUT2D eigenvalue weighted by atomic mass is 32.2. The van der Waals surface area contributed by atoms with Crippen molar-refractivity contribution in [1.29, 1.82) is 0 Å². The van der Waals surface area contributed by atoms with Crippen molar-refractivity contribution in [2.24, 2.45) is 17.8 Å². The molecule has 1 unspecified atom stereocenters. The van der Waals surface area contributed by atoms with Crippen LogP contribution in [0.1, 0.15) is 13.8 Å². The van der Waals surface area contributed by atoms with Crippen LogP contribution >= 0.6 is 0 Å². The molecule has 1 aliphatic carbocycles. The van der Waals surface area contributed by atoms with Gasteiger partial charge in [0.1, 0.15) is 0 Å². The number of nitrogens with zero attached hydrogens (tertiary/aromatic N) is 1. The Morgan fingerprint density at radius 2 is 1.87 bits per heavy atom. The molecule has 0 radical (unpaired) electrons. The first kappa shape index (κ1) is 11.4. The molecule has 0 aromatic rings. The van der Waals surface area contributed by atoms with Crippen LogP contribution in [0.4, 0.5) is 0 Å². The second kappa shape index (κ2) is 3.71. The van der Waals surface area contributed by atoms with E-state index in [1.807, 2.05) is 0 Å². The van der Waals surface area contributed by atoms with Crippen LogP contribution in [0.2, 0.25) is 0 Å². The molecule has 1 N–H and O–H groups in total. The highest BCUT2D eigenvalue weighted by Gasteiger charge is 2.56. The number of piperidine rings is 1. The molecule has 1 heterocycles. The lowest BCUT2D eigenvalue weighted by atomic mass is 10.2. The van der Waals surface area contributed by atoms with Crippen molar-refractivity contribution in [3.05, 3.63) is 0 Å². The van der Waals surface area contributed by atoms with Crippen molar-refractivity contribution in [3.63, 3.8) is 0 Å². The summed E-state index contributed by atoms with van der Waals surface area (Å²) in [6.45, 7) is 6.81. The molecule has 2 fully saturated rings. The van der Waals surface area contributed by atoms with E-state index in [1.54, 1.807) is 4.31 Å². The van der Waals surface area contributed by atoms with E-state index in [1.165, 1.54) is 6.26 Å². The predicted octanol–water partition coefficient (Wildman–Crippen LogP) is 0.122. The Hall–Kier alpha value is -0.130. The zero-order chi connectivity index (χ0) is 11.2. The van der Waals surface area contributed by atoms with Crippen LogP contribution in [0.25, 0.3) is 0 Å². The maximum absolute atomic E-state index is 11.3. The van der Waals surface area contributed by atoms with Crippen LogP contribution in [0.3, 0.4) is 0 Å². The van der Waals surface area contributed by atoms with Gasteiger partial charge in [-0.25, -0.2) is 12.7 Å².